The lowest BCUT2D eigenvalue weighted by Crippen LogP contribution is -2.27. The Bertz CT molecular complexity index is 547. The third kappa shape index (κ3) is 5.06. The number of allylic oxidation sites excluding steroid dienone is 1. The molecule has 0 aromatic carbocycles. The Hall–Kier alpha value is -1.80. The zero-order chi connectivity index (χ0) is 15.3. The molecule has 0 saturated carbocycles. The fourth-order valence-electron chi connectivity index (χ4n) is 1.51. The number of nitrogens with zero attached hydrogens (tertiary/aromatic N) is 1. The highest BCUT2D eigenvalue weighted by atomic mass is 32.1. The number of hydrogen-bond acceptors (Lipinski definition) is 4. The maximum absolute atomic E-state index is 11.7. The maximum Gasteiger partial charge on any atom is 0.413 e. The molecule has 1 aromatic heterocycles. The van der Waals surface area contributed by atoms with Gasteiger partial charge in [0.1, 0.15) is 5.60 Å². The van der Waals surface area contributed by atoms with Gasteiger partial charge in [0.15, 0.2) is 5.13 Å². The topological polar surface area (TPSA) is 51.2 Å². The van der Waals surface area contributed by atoms with E-state index in [0.29, 0.717) is 11.6 Å². The van der Waals surface area contributed by atoms with Crippen LogP contribution in [0, 0.1) is 19.3 Å². The molecule has 1 rings (SSSR count). The molecule has 1 amide bonds. The molecule has 0 saturated heterocycles. The predicted octanol–water partition coefficient (Wildman–Crippen LogP) is 4.23. The average Bonchev–Trinajstić information content (AvgIpc) is 2.64. The number of aryl methyl sites for hydroxylation is 1. The lowest BCUT2D eigenvalue weighted by molar-refractivity contribution is 0.0636. The Morgan fingerprint density at radius 3 is 2.75 bits per heavy atom. The standard InChI is InChI=1S/C15H20N2O2S/c1-7-8-9-10(2)12-11(3)16-13(20-12)17-14(18)19-15(4,5)6/h1H,2,8-9H2,3-6H3,(H,16,17,18). The third-order valence-electron chi connectivity index (χ3n) is 2.30. The quantitative estimate of drug-likeness (QED) is 0.845. The number of hydrogen-bond donors (Lipinski definition) is 1. The van der Waals surface area contributed by atoms with Crippen LogP contribution in [0.15, 0.2) is 6.58 Å². The number of nitrogens with one attached hydrogen (secondary N) is 1. The molecule has 20 heavy (non-hydrogen) atoms. The summed E-state index contributed by atoms with van der Waals surface area (Å²) in [5.74, 6) is 2.59. The first-order valence-corrected chi connectivity index (χ1v) is 7.13. The normalized spacial score (nSPS) is 10.8. The van der Waals surface area contributed by atoms with Gasteiger partial charge in [-0.2, -0.15) is 0 Å². The van der Waals surface area contributed by atoms with E-state index in [1.165, 1.54) is 11.3 Å². The van der Waals surface area contributed by atoms with E-state index in [2.05, 4.69) is 22.8 Å². The molecule has 1 aromatic rings. The SMILES string of the molecule is C#CCCC(=C)c1sc(NC(=O)OC(C)(C)C)nc1C. The van der Waals surface area contributed by atoms with Crippen molar-refractivity contribution in [3.8, 4) is 12.3 Å². The van der Waals surface area contributed by atoms with Crippen LogP contribution >= 0.6 is 11.3 Å². The monoisotopic (exact) mass is 292 g/mol. The Morgan fingerprint density at radius 1 is 1.55 bits per heavy atom. The molecular weight excluding hydrogens is 272 g/mol. The van der Waals surface area contributed by atoms with Crippen LogP contribution in [0.3, 0.4) is 0 Å². The van der Waals surface area contributed by atoms with Gasteiger partial charge in [-0.3, -0.25) is 5.32 Å². The van der Waals surface area contributed by atoms with Crippen LogP contribution < -0.4 is 5.32 Å². The third-order valence-corrected chi connectivity index (χ3v) is 3.47. The van der Waals surface area contributed by atoms with Gasteiger partial charge in [-0.25, -0.2) is 9.78 Å². The zero-order valence-corrected chi connectivity index (χ0v) is 13.2. The second kappa shape index (κ2) is 6.58. The minimum atomic E-state index is -0.532. The number of terminal acetylenes is 1. The Balaban J connectivity index is 2.73. The number of aromatic nitrogens is 1. The summed E-state index contributed by atoms with van der Waals surface area (Å²) in [6.07, 6.45) is 6.11. The highest BCUT2D eigenvalue weighted by molar-refractivity contribution is 7.16. The molecule has 108 valence electrons. The minimum absolute atomic E-state index is 0.507. The van der Waals surface area contributed by atoms with Crippen LogP contribution in [-0.4, -0.2) is 16.7 Å². The maximum atomic E-state index is 11.7. The molecular formula is C15H20N2O2S. The first-order chi connectivity index (χ1) is 9.23. The molecule has 4 nitrogen and oxygen atoms in total. The molecule has 0 aliphatic carbocycles. The number of carbonyl (C=O) groups is 1. The lowest BCUT2D eigenvalue weighted by Gasteiger charge is -2.18. The summed E-state index contributed by atoms with van der Waals surface area (Å²) in [5, 5.41) is 3.14. The van der Waals surface area contributed by atoms with Crippen molar-refractivity contribution in [2.45, 2.75) is 46.1 Å². The van der Waals surface area contributed by atoms with Crippen molar-refractivity contribution in [1.82, 2.24) is 4.98 Å². The van der Waals surface area contributed by atoms with Crippen LogP contribution in [0.4, 0.5) is 9.93 Å². The number of amides is 1. The summed E-state index contributed by atoms with van der Waals surface area (Å²) in [6.45, 7) is 11.3. The Kier molecular flexibility index (Phi) is 5.34. The molecule has 0 fully saturated rings. The van der Waals surface area contributed by atoms with Gasteiger partial charge in [-0.1, -0.05) is 17.9 Å². The smallest absolute Gasteiger partial charge is 0.413 e. The summed E-state index contributed by atoms with van der Waals surface area (Å²) in [6, 6.07) is 0. The number of carbonyl (C=O) groups excluding carboxylic acids is 1. The van der Waals surface area contributed by atoms with Crippen molar-refractivity contribution >= 4 is 28.1 Å². The molecule has 0 atom stereocenters. The Labute approximate surface area is 124 Å². The van der Waals surface area contributed by atoms with Crippen molar-refractivity contribution < 1.29 is 9.53 Å². The summed E-state index contributed by atoms with van der Waals surface area (Å²) >= 11 is 1.38. The highest BCUT2D eigenvalue weighted by Gasteiger charge is 2.18. The molecule has 5 heteroatoms. The van der Waals surface area contributed by atoms with E-state index >= 15 is 0 Å². The van der Waals surface area contributed by atoms with E-state index in [1.54, 1.807) is 0 Å². The second-order valence-electron chi connectivity index (χ2n) is 5.37. The summed E-state index contributed by atoms with van der Waals surface area (Å²) < 4.78 is 5.18. The van der Waals surface area contributed by atoms with Crippen molar-refractivity contribution in [1.29, 1.82) is 0 Å². The number of ether oxygens (including phenoxy) is 1. The van der Waals surface area contributed by atoms with Crippen molar-refractivity contribution in [3.63, 3.8) is 0 Å². The van der Waals surface area contributed by atoms with E-state index < -0.39 is 11.7 Å². The van der Waals surface area contributed by atoms with Gasteiger partial charge in [0.2, 0.25) is 0 Å². The lowest BCUT2D eigenvalue weighted by atomic mass is 10.1. The van der Waals surface area contributed by atoms with E-state index in [4.69, 9.17) is 11.2 Å². The summed E-state index contributed by atoms with van der Waals surface area (Å²) in [5.41, 5.74) is 1.24. The summed E-state index contributed by atoms with van der Waals surface area (Å²) in [4.78, 5) is 16.9. The van der Waals surface area contributed by atoms with E-state index in [1.807, 2.05) is 27.7 Å². The fraction of sp³-hybridized carbons (Fsp3) is 0.467. The molecule has 1 N–H and O–H groups in total. The van der Waals surface area contributed by atoms with Gasteiger partial charge in [-0.05, 0) is 39.7 Å². The first-order valence-electron chi connectivity index (χ1n) is 6.32. The average molecular weight is 292 g/mol. The Morgan fingerprint density at radius 2 is 2.20 bits per heavy atom. The van der Waals surface area contributed by atoms with Gasteiger partial charge >= 0.3 is 6.09 Å². The van der Waals surface area contributed by atoms with Crippen molar-refractivity contribution in [2.75, 3.05) is 5.32 Å². The van der Waals surface area contributed by atoms with Crippen LogP contribution in [0.25, 0.3) is 5.57 Å². The fourth-order valence-corrected chi connectivity index (χ4v) is 2.46. The first kappa shape index (κ1) is 16.3. The van der Waals surface area contributed by atoms with E-state index in [0.717, 1.165) is 22.6 Å². The molecule has 0 bridgehead atoms. The second-order valence-corrected chi connectivity index (χ2v) is 6.37. The number of anilines is 1. The van der Waals surface area contributed by atoms with Gasteiger partial charge in [0.25, 0.3) is 0 Å². The van der Waals surface area contributed by atoms with Crippen LogP contribution in [-0.2, 0) is 4.74 Å². The van der Waals surface area contributed by atoms with Crippen LogP contribution in [0.5, 0.6) is 0 Å². The predicted molar refractivity (Wildman–Crippen MR) is 83.8 cm³/mol. The largest absolute Gasteiger partial charge is 0.444 e. The molecule has 1 heterocycles. The number of rotatable bonds is 4. The van der Waals surface area contributed by atoms with Gasteiger partial charge in [0.05, 0.1) is 10.6 Å². The molecule has 0 unspecified atom stereocenters. The summed E-state index contributed by atoms with van der Waals surface area (Å²) in [7, 11) is 0. The van der Waals surface area contributed by atoms with Crippen LogP contribution in [0.2, 0.25) is 0 Å². The van der Waals surface area contributed by atoms with Crippen molar-refractivity contribution in [3.05, 3.63) is 17.2 Å². The van der Waals surface area contributed by atoms with Crippen molar-refractivity contribution in [2.24, 2.45) is 0 Å². The zero-order valence-electron chi connectivity index (χ0n) is 12.4. The molecule has 0 spiro atoms. The van der Waals surface area contributed by atoms with E-state index in [-0.39, 0.29) is 0 Å². The molecule has 0 radical (unpaired) electrons. The van der Waals surface area contributed by atoms with Gasteiger partial charge < -0.3 is 4.74 Å². The molecule has 0 aliphatic rings. The molecule has 0 aliphatic heterocycles. The highest BCUT2D eigenvalue weighted by Crippen LogP contribution is 2.30. The number of thiazole rings is 1. The van der Waals surface area contributed by atoms with Gasteiger partial charge in [0, 0.05) is 6.42 Å². The van der Waals surface area contributed by atoms with E-state index in [9.17, 15) is 4.79 Å². The minimum Gasteiger partial charge on any atom is -0.444 e. The van der Waals surface area contributed by atoms with Gasteiger partial charge in [-0.15, -0.1) is 12.3 Å². The van der Waals surface area contributed by atoms with Crippen LogP contribution in [0.1, 0.15) is 44.2 Å².